The highest BCUT2D eigenvalue weighted by molar-refractivity contribution is 7.16. The molecule has 1 heterocycles. The molecule has 4 heteroatoms. The lowest BCUT2D eigenvalue weighted by molar-refractivity contribution is 0.0697. The maximum Gasteiger partial charge on any atom is 0.338 e. The van der Waals surface area contributed by atoms with Crippen molar-refractivity contribution in [3.8, 4) is 0 Å². The predicted molar refractivity (Wildman–Crippen MR) is 62.1 cm³/mol. The Kier molecular flexibility index (Phi) is 3.32. The molecule has 1 fully saturated rings. The third-order valence-electron chi connectivity index (χ3n) is 2.94. The van der Waals surface area contributed by atoms with Gasteiger partial charge >= 0.3 is 5.97 Å². The molecule has 0 saturated heterocycles. The molecule has 82 valence electrons. The van der Waals surface area contributed by atoms with Crippen molar-refractivity contribution >= 4 is 28.9 Å². The van der Waals surface area contributed by atoms with E-state index in [0.717, 1.165) is 4.88 Å². The summed E-state index contributed by atoms with van der Waals surface area (Å²) in [6.07, 6.45) is 6.17. The fraction of sp³-hybridized carbons (Fsp3) is 0.545. The van der Waals surface area contributed by atoms with Gasteiger partial charge in [0.05, 0.1) is 5.56 Å². The maximum atomic E-state index is 10.8. The van der Waals surface area contributed by atoms with Gasteiger partial charge in [0.25, 0.3) is 0 Å². The minimum absolute atomic E-state index is 0.266. The summed E-state index contributed by atoms with van der Waals surface area (Å²) in [6, 6.07) is 1.76. The lowest BCUT2D eigenvalue weighted by atomic mass is 9.88. The van der Waals surface area contributed by atoms with Crippen molar-refractivity contribution < 1.29 is 9.90 Å². The zero-order valence-electron chi connectivity index (χ0n) is 8.33. The zero-order chi connectivity index (χ0) is 10.8. The average molecular weight is 245 g/mol. The molecule has 0 radical (unpaired) electrons. The highest BCUT2D eigenvalue weighted by Gasteiger charge is 2.21. The van der Waals surface area contributed by atoms with Crippen LogP contribution in [0.25, 0.3) is 0 Å². The van der Waals surface area contributed by atoms with Gasteiger partial charge in [-0.15, -0.1) is 11.3 Å². The first-order valence-electron chi connectivity index (χ1n) is 5.21. The fourth-order valence-corrected chi connectivity index (χ4v) is 3.57. The summed E-state index contributed by atoms with van der Waals surface area (Å²) in [4.78, 5) is 12.0. The van der Waals surface area contributed by atoms with E-state index in [1.165, 1.54) is 43.4 Å². The molecular weight excluding hydrogens is 232 g/mol. The lowest BCUT2D eigenvalue weighted by Crippen LogP contribution is -2.02. The molecule has 1 aliphatic carbocycles. The van der Waals surface area contributed by atoms with Gasteiger partial charge in [-0.1, -0.05) is 30.9 Å². The molecule has 1 saturated carbocycles. The van der Waals surface area contributed by atoms with E-state index in [2.05, 4.69) is 0 Å². The van der Waals surface area contributed by atoms with Crippen molar-refractivity contribution in [3.05, 3.63) is 20.8 Å². The molecule has 15 heavy (non-hydrogen) atoms. The van der Waals surface area contributed by atoms with Crippen molar-refractivity contribution in [2.24, 2.45) is 0 Å². The topological polar surface area (TPSA) is 37.3 Å². The summed E-state index contributed by atoms with van der Waals surface area (Å²) in [5.41, 5.74) is 0.266. The number of rotatable bonds is 2. The molecule has 0 bridgehead atoms. The molecule has 1 aliphatic rings. The number of carbonyl (C=O) groups is 1. The van der Waals surface area contributed by atoms with Crippen LogP contribution in [0.4, 0.5) is 0 Å². The van der Waals surface area contributed by atoms with Crippen molar-refractivity contribution in [2.45, 2.75) is 38.0 Å². The molecule has 0 amide bonds. The number of hydrogen-bond donors (Lipinski definition) is 1. The fourth-order valence-electron chi connectivity index (χ4n) is 2.12. The van der Waals surface area contributed by atoms with E-state index >= 15 is 0 Å². The average Bonchev–Trinajstić information content (AvgIpc) is 2.62. The second-order valence-electron chi connectivity index (χ2n) is 3.98. The Morgan fingerprint density at radius 3 is 2.60 bits per heavy atom. The van der Waals surface area contributed by atoms with Crippen LogP contribution in [0, 0.1) is 0 Å². The van der Waals surface area contributed by atoms with Crippen molar-refractivity contribution in [1.29, 1.82) is 0 Å². The van der Waals surface area contributed by atoms with Crippen LogP contribution >= 0.6 is 22.9 Å². The summed E-state index contributed by atoms with van der Waals surface area (Å²) in [7, 11) is 0. The third-order valence-corrected chi connectivity index (χ3v) is 4.46. The molecule has 0 spiro atoms. The van der Waals surface area contributed by atoms with Gasteiger partial charge in [-0.3, -0.25) is 0 Å². The maximum absolute atomic E-state index is 10.8. The molecular formula is C11H13ClO2S. The van der Waals surface area contributed by atoms with Gasteiger partial charge in [0.2, 0.25) is 0 Å². The van der Waals surface area contributed by atoms with Crippen molar-refractivity contribution in [3.63, 3.8) is 0 Å². The van der Waals surface area contributed by atoms with E-state index in [4.69, 9.17) is 16.7 Å². The van der Waals surface area contributed by atoms with Crippen LogP contribution in [0.3, 0.4) is 0 Å². The molecule has 1 aromatic heterocycles. The van der Waals surface area contributed by atoms with Gasteiger partial charge in [-0.25, -0.2) is 4.79 Å². The Labute approximate surface area is 97.9 Å². The normalized spacial score (nSPS) is 17.9. The number of aromatic carboxylic acids is 1. The zero-order valence-corrected chi connectivity index (χ0v) is 9.90. The first-order chi connectivity index (χ1) is 7.18. The van der Waals surface area contributed by atoms with E-state index in [9.17, 15) is 4.79 Å². The smallest absolute Gasteiger partial charge is 0.338 e. The van der Waals surface area contributed by atoms with Crippen LogP contribution in [0.15, 0.2) is 6.07 Å². The summed E-state index contributed by atoms with van der Waals surface area (Å²) in [6.45, 7) is 0. The summed E-state index contributed by atoms with van der Waals surface area (Å²) in [5, 5.41) is 8.90. The summed E-state index contributed by atoms with van der Waals surface area (Å²) < 4.78 is 0.420. The van der Waals surface area contributed by atoms with Crippen LogP contribution < -0.4 is 0 Å². The Morgan fingerprint density at radius 1 is 1.40 bits per heavy atom. The summed E-state index contributed by atoms with van der Waals surface area (Å²) >= 11 is 7.33. The van der Waals surface area contributed by atoms with E-state index in [1.54, 1.807) is 6.07 Å². The van der Waals surface area contributed by atoms with Gasteiger partial charge in [0.1, 0.15) is 4.34 Å². The number of carboxylic acids is 1. The predicted octanol–water partition coefficient (Wildman–Crippen LogP) is 4.15. The molecule has 0 atom stereocenters. The highest BCUT2D eigenvalue weighted by Crippen LogP contribution is 2.39. The van der Waals surface area contributed by atoms with Gasteiger partial charge in [-0.2, -0.15) is 0 Å². The van der Waals surface area contributed by atoms with Gasteiger partial charge in [-0.05, 0) is 24.8 Å². The number of halogens is 1. The van der Waals surface area contributed by atoms with Gasteiger partial charge in [0.15, 0.2) is 0 Å². The second-order valence-corrected chi connectivity index (χ2v) is 5.66. The number of thiophene rings is 1. The first kappa shape index (κ1) is 11.0. The largest absolute Gasteiger partial charge is 0.478 e. The van der Waals surface area contributed by atoms with Gasteiger partial charge in [0, 0.05) is 4.88 Å². The Balaban J connectivity index is 2.21. The molecule has 0 aliphatic heterocycles. The molecule has 0 unspecified atom stereocenters. The van der Waals surface area contributed by atoms with Crippen LogP contribution in [0.5, 0.6) is 0 Å². The number of carboxylic acid groups (broad SMARTS) is 1. The Bertz CT molecular complexity index is 367. The van der Waals surface area contributed by atoms with Crippen LogP contribution in [-0.2, 0) is 0 Å². The number of hydrogen-bond acceptors (Lipinski definition) is 2. The molecule has 2 nitrogen and oxygen atoms in total. The van der Waals surface area contributed by atoms with E-state index < -0.39 is 5.97 Å². The van der Waals surface area contributed by atoms with Crippen LogP contribution in [-0.4, -0.2) is 11.1 Å². The molecule has 1 aromatic rings. The molecule has 0 aromatic carbocycles. The van der Waals surface area contributed by atoms with Crippen LogP contribution in [0.1, 0.15) is 53.3 Å². The molecule has 1 N–H and O–H groups in total. The standard InChI is InChI=1S/C11H13ClO2S/c12-10-8(11(13)14)6-9(15-10)7-4-2-1-3-5-7/h6-7H,1-5H2,(H,13,14). The van der Waals surface area contributed by atoms with E-state index in [-0.39, 0.29) is 5.56 Å². The van der Waals surface area contributed by atoms with Gasteiger partial charge < -0.3 is 5.11 Å². The minimum atomic E-state index is -0.918. The lowest BCUT2D eigenvalue weighted by Gasteiger charge is -2.19. The van der Waals surface area contributed by atoms with Crippen molar-refractivity contribution in [2.75, 3.05) is 0 Å². The monoisotopic (exact) mass is 244 g/mol. The van der Waals surface area contributed by atoms with Crippen molar-refractivity contribution in [1.82, 2.24) is 0 Å². The highest BCUT2D eigenvalue weighted by atomic mass is 35.5. The first-order valence-corrected chi connectivity index (χ1v) is 6.40. The summed E-state index contributed by atoms with van der Waals surface area (Å²) in [5.74, 6) is -0.382. The Hall–Kier alpha value is -0.540. The minimum Gasteiger partial charge on any atom is -0.478 e. The Morgan fingerprint density at radius 2 is 2.07 bits per heavy atom. The van der Waals surface area contributed by atoms with E-state index in [1.807, 2.05) is 0 Å². The SMILES string of the molecule is O=C(O)c1cc(C2CCCCC2)sc1Cl. The third kappa shape index (κ3) is 2.34. The van der Waals surface area contributed by atoms with E-state index in [0.29, 0.717) is 10.3 Å². The van der Waals surface area contributed by atoms with Crippen LogP contribution in [0.2, 0.25) is 4.34 Å². The quantitative estimate of drug-likeness (QED) is 0.849. The molecule has 2 rings (SSSR count). The second kappa shape index (κ2) is 4.54.